The van der Waals surface area contributed by atoms with Gasteiger partial charge in [-0.05, 0) is 28.7 Å². The number of hydrogen-bond acceptors (Lipinski definition) is 11. The van der Waals surface area contributed by atoms with Gasteiger partial charge in [-0.2, -0.15) is 0 Å². The Balaban J connectivity index is 0.980. The first-order valence-corrected chi connectivity index (χ1v) is 19.5. The molecule has 0 saturated heterocycles. The van der Waals surface area contributed by atoms with Crippen LogP contribution in [0.1, 0.15) is 56.1 Å². The molecule has 1 amide bonds. The van der Waals surface area contributed by atoms with E-state index in [1.807, 2.05) is 24.3 Å². The van der Waals surface area contributed by atoms with Gasteiger partial charge in [0, 0.05) is 26.1 Å². The Hall–Kier alpha value is -2.65. The Morgan fingerprint density at radius 2 is 0.849 bits per heavy atom. The minimum absolute atomic E-state index is 0.0420. The predicted molar refractivity (Wildman–Crippen MR) is 204 cm³/mol. The molecular formula is C41H65NO11. The molecule has 12 heteroatoms. The molecule has 1 aliphatic carbocycles. The number of fused-ring (bicyclic) bond motifs is 3. The molecule has 0 aliphatic heterocycles. The zero-order chi connectivity index (χ0) is 37.4. The monoisotopic (exact) mass is 747 g/mol. The van der Waals surface area contributed by atoms with E-state index < -0.39 is 0 Å². The van der Waals surface area contributed by atoms with Crippen molar-refractivity contribution in [1.29, 1.82) is 0 Å². The number of rotatable bonds is 35. The van der Waals surface area contributed by atoms with Gasteiger partial charge in [-0.15, -0.1) is 0 Å². The Morgan fingerprint density at radius 1 is 0.491 bits per heavy atom. The molecule has 0 bridgehead atoms. The van der Waals surface area contributed by atoms with E-state index in [0.29, 0.717) is 125 Å². The van der Waals surface area contributed by atoms with Crippen molar-refractivity contribution in [3.63, 3.8) is 0 Å². The van der Waals surface area contributed by atoms with Crippen LogP contribution in [-0.2, 0) is 47.4 Å². The molecule has 0 heterocycles. The van der Waals surface area contributed by atoms with Gasteiger partial charge in [0.25, 0.3) is 0 Å². The normalized spacial score (nSPS) is 12.3. The van der Waals surface area contributed by atoms with Gasteiger partial charge >= 0.3 is 6.09 Å². The minimum atomic E-state index is -0.360. The average molecular weight is 748 g/mol. The van der Waals surface area contributed by atoms with Crippen molar-refractivity contribution in [3.8, 4) is 11.1 Å². The first-order chi connectivity index (χ1) is 26.2. The van der Waals surface area contributed by atoms with Crippen LogP contribution >= 0.6 is 0 Å². The Labute approximate surface area is 317 Å². The molecule has 0 atom stereocenters. The summed E-state index contributed by atoms with van der Waals surface area (Å²) in [5, 5.41) is 0. The molecule has 2 aromatic carbocycles. The third-order valence-electron chi connectivity index (χ3n) is 8.59. The molecule has 0 saturated carbocycles. The van der Waals surface area contributed by atoms with Gasteiger partial charge in [-0.1, -0.05) is 81.1 Å². The molecule has 0 spiro atoms. The van der Waals surface area contributed by atoms with Crippen LogP contribution in [0, 0.1) is 0 Å². The van der Waals surface area contributed by atoms with Crippen molar-refractivity contribution in [3.05, 3.63) is 59.7 Å². The largest absolute Gasteiger partial charge is 0.448 e. The van der Waals surface area contributed by atoms with Gasteiger partial charge in [-0.3, -0.25) is 0 Å². The van der Waals surface area contributed by atoms with Gasteiger partial charge in [0.1, 0.15) is 6.61 Å². The lowest BCUT2D eigenvalue weighted by Gasteiger charge is -2.19. The van der Waals surface area contributed by atoms with Crippen LogP contribution in [0.2, 0.25) is 0 Å². The highest BCUT2D eigenvalue weighted by Crippen LogP contribution is 2.44. The molecule has 3 rings (SSSR count). The first-order valence-electron chi connectivity index (χ1n) is 19.5. The van der Waals surface area contributed by atoms with Gasteiger partial charge in [0.2, 0.25) is 0 Å². The Kier molecular flexibility index (Phi) is 25.9. The molecule has 0 aromatic heterocycles. The summed E-state index contributed by atoms with van der Waals surface area (Å²) in [4.78, 5) is 14.1. The van der Waals surface area contributed by atoms with E-state index >= 15 is 0 Å². The summed E-state index contributed by atoms with van der Waals surface area (Å²) in [6.45, 7) is 12.4. The average Bonchev–Trinajstić information content (AvgIpc) is 3.50. The fraction of sp³-hybridized carbons (Fsp3) is 0.683. The van der Waals surface area contributed by atoms with Crippen molar-refractivity contribution in [2.45, 2.75) is 44.9 Å². The molecule has 1 aliphatic rings. The number of hydrogen-bond donors (Lipinski definition) is 0. The highest BCUT2D eigenvalue weighted by Gasteiger charge is 2.29. The van der Waals surface area contributed by atoms with Crippen LogP contribution in [-0.4, -0.2) is 150 Å². The maximum atomic E-state index is 12.6. The second-order valence-electron chi connectivity index (χ2n) is 12.7. The number of ether oxygens (including phenoxy) is 10. The third-order valence-corrected chi connectivity index (χ3v) is 8.59. The third kappa shape index (κ3) is 20.0. The predicted octanol–water partition coefficient (Wildman–Crippen LogP) is 5.99. The molecular weight excluding hydrogens is 682 g/mol. The fourth-order valence-electron chi connectivity index (χ4n) is 5.67. The smallest absolute Gasteiger partial charge is 0.409 e. The summed E-state index contributed by atoms with van der Waals surface area (Å²) in [5.74, 6) is 0.0420. The summed E-state index contributed by atoms with van der Waals surface area (Å²) in [6.07, 6.45) is 5.90. The number of amides is 1. The van der Waals surface area contributed by atoms with Crippen molar-refractivity contribution < 1.29 is 52.2 Å². The van der Waals surface area contributed by atoms with Crippen LogP contribution in [0.5, 0.6) is 0 Å². The van der Waals surface area contributed by atoms with Gasteiger partial charge in [-0.25, -0.2) is 4.79 Å². The van der Waals surface area contributed by atoms with Crippen LogP contribution < -0.4 is 0 Å². The van der Waals surface area contributed by atoms with E-state index in [1.165, 1.54) is 52.8 Å². The van der Waals surface area contributed by atoms with Crippen LogP contribution in [0.3, 0.4) is 0 Å². The molecule has 0 fully saturated rings. The first kappa shape index (κ1) is 44.7. The van der Waals surface area contributed by atoms with Crippen LogP contribution in [0.15, 0.2) is 48.5 Å². The van der Waals surface area contributed by atoms with E-state index in [9.17, 15) is 4.79 Å². The molecule has 2 aromatic rings. The Morgan fingerprint density at radius 3 is 1.26 bits per heavy atom. The lowest BCUT2D eigenvalue weighted by Crippen LogP contribution is -2.32. The topological polar surface area (TPSA) is 113 Å². The van der Waals surface area contributed by atoms with E-state index in [0.717, 1.165) is 13.0 Å². The maximum absolute atomic E-state index is 12.6. The van der Waals surface area contributed by atoms with Gasteiger partial charge in [0.15, 0.2) is 0 Å². The summed E-state index contributed by atoms with van der Waals surface area (Å²) in [6, 6.07) is 16.6. The molecule has 12 nitrogen and oxygen atoms in total. The van der Waals surface area contributed by atoms with E-state index in [-0.39, 0.29) is 12.0 Å². The summed E-state index contributed by atoms with van der Waals surface area (Å²) < 4.78 is 55.5. The molecule has 0 unspecified atom stereocenters. The SMILES string of the molecule is CCCCCCCOCCOCCOCCOCCOCCOCCOCCOCCOCCN(C)C(=O)OCC1c2ccccc2-c2ccccc21. The number of likely N-dealkylation sites (N-methyl/N-ethyl adjacent to an activating group) is 1. The van der Waals surface area contributed by atoms with Crippen molar-refractivity contribution >= 4 is 6.09 Å². The lowest BCUT2D eigenvalue weighted by molar-refractivity contribution is -0.0252. The van der Waals surface area contributed by atoms with Crippen LogP contribution in [0.25, 0.3) is 11.1 Å². The van der Waals surface area contributed by atoms with Crippen LogP contribution in [0.4, 0.5) is 4.79 Å². The summed E-state index contributed by atoms with van der Waals surface area (Å²) in [7, 11) is 1.72. The summed E-state index contributed by atoms with van der Waals surface area (Å²) >= 11 is 0. The highest BCUT2D eigenvalue weighted by molar-refractivity contribution is 5.79. The van der Waals surface area contributed by atoms with Crippen molar-refractivity contribution in [1.82, 2.24) is 4.90 Å². The number of benzene rings is 2. The molecule has 0 N–H and O–H groups in total. The minimum Gasteiger partial charge on any atom is -0.448 e. The Bertz CT molecular complexity index is 1140. The van der Waals surface area contributed by atoms with Crippen molar-refractivity contribution in [2.24, 2.45) is 0 Å². The molecule has 53 heavy (non-hydrogen) atoms. The lowest BCUT2D eigenvalue weighted by atomic mass is 9.98. The van der Waals surface area contributed by atoms with E-state index in [4.69, 9.17) is 47.4 Å². The zero-order valence-electron chi connectivity index (χ0n) is 32.3. The van der Waals surface area contributed by atoms with E-state index in [2.05, 4.69) is 31.2 Å². The maximum Gasteiger partial charge on any atom is 0.409 e. The summed E-state index contributed by atoms with van der Waals surface area (Å²) in [5.41, 5.74) is 4.81. The number of unbranched alkanes of at least 4 members (excludes halogenated alkanes) is 4. The number of carbonyl (C=O) groups excluding carboxylic acids is 1. The number of nitrogens with zero attached hydrogens (tertiary/aromatic N) is 1. The van der Waals surface area contributed by atoms with E-state index in [1.54, 1.807) is 7.05 Å². The fourth-order valence-corrected chi connectivity index (χ4v) is 5.67. The second-order valence-corrected chi connectivity index (χ2v) is 12.7. The quantitative estimate of drug-likeness (QED) is 0.0776. The standard InChI is InChI=1S/C41H65NO11/c1-3-4-5-6-11-17-44-19-21-46-23-25-48-27-29-50-31-33-52-34-32-51-30-28-49-26-24-47-22-20-45-18-16-42(2)41(43)53-35-40-38-14-9-7-12-36(38)37-13-8-10-15-39(37)40/h7-10,12-15,40H,3-6,11,16-35H2,1-2H3. The number of carbonyl (C=O) groups is 1. The molecule has 300 valence electrons. The molecule has 0 radical (unpaired) electrons. The zero-order valence-corrected chi connectivity index (χ0v) is 32.3. The second kappa shape index (κ2) is 30.7. The van der Waals surface area contributed by atoms with Gasteiger partial charge in [0.05, 0.1) is 112 Å². The highest BCUT2D eigenvalue weighted by atomic mass is 16.6. The van der Waals surface area contributed by atoms with Crippen molar-refractivity contribution in [2.75, 3.05) is 139 Å². The van der Waals surface area contributed by atoms with Gasteiger partial charge < -0.3 is 52.3 Å².